The van der Waals surface area contributed by atoms with Gasteiger partial charge in [0.25, 0.3) is 5.91 Å². The smallest absolute Gasteiger partial charge is 0.373 e. The van der Waals surface area contributed by atoms with Crippen molar-refractivity contribution in [3.8, 4) is 11.5 Å². The third kappa shape index (κ3) is 5.70. The molecular formula is C25H19Br2FN2O7. The Morgan fingerprint density at radius 3 is 2.62 bits per heavy atom. The third-order valence-corrected chi connectivity index (χ3v) is 7.42. The highest BCUT2D eigenvalue weighted by Crippen LogP contribution is 2.44. The van der Waals surface area contributed by atoms with Gasteiger partial charge in [-0.3, -0.25) is 9.69 Å². The molecule has 2 aromatic carbocycles. The summed E-state index contributed by atoms with van der Waals surface area (Å²) in [5.74, 6) is -0.729. The lowest BCUT2D eigenvalue weighted by Crippen LogP contribution is -2.30. The molecule has 9 nitrogen and oxygen atoms in total. The summed E-state index contributed by atoms with van der Waals surface area (Å²) in [6, 6.07) is 9.89. The number of urea groups is 1. The lowest BCUT2D eigenvalue weighted by Gasteiger charge is -2.16. The molecule has 2 heterocycles. The van der Waals surface area contributed by atoms with E-state index in [2.05, 4.69) is 41.9 Å². The number of rotatable bonds is 8. The van der Waals surface area contributed by atoms with Crippen molar-refractivity contribution in [3.05, 3.63) is 85.6 Å². The van der Waals surface area contributed by atoms with Crippen LogP contribution in [0.3, 0.4) is 0 Å². The van der Waals surface area contributed by atoms with Gasteiger partial charge >= 0.3 is 12.0 Å². The largest absolute Gasteiger partial charge is 0.493 e. The maximum Gasteiger partial charge on any atom is 0.373 e. The molecule has 0 unspecified atom stereocenters. The molecule has 0 atom stereocenters. The molecule has 0 saturated carbocycles. The molecular weight excluding hydrogens is 619 g/mol. The van der Waals surface area contributed by atoms with Crippen LogP contribution in [0.1, 0.15) is 27.4 Å². The van der Waals surface area contributed by atoms with Crippen LogP contribution in [-0.2, 0) is 22.7 Å². The SMILES string of the molecule is COC(=O)c1ccc(CN2C(=O)N/C(=C\c3cc(OC)c(OCc4cccc(F)c4)c(Br)c3Br)C2=O)o1. The summed E-state index contributed by atoms with van der Waals surface area (Å²) in [4.78, 5) is 38.0. The Bertz CT molecular complexity index is 1420. The van der Waals surface area contributed by atoms with E-state index in [0.717, 1.165) is 4.90 Å². The van der Waals surface area contributed by atoms with Crippen LogP contribution in [-0.4, -0.2) is 37.0 Å². The number of nitrogens with one attached hydrogen (secondary N) is 1. The Labute approximate surface area is 227 Å². The summed E-state index contributed by atoms with van der Waals surface area (Å²) >= 11 is 6.96. The summed E-state index contributed by atoms with van der Waals surface area (Å²) < 4.78 is 35.8. The van der Waals surface area contributed by atoms with E-state index in [4.69, 9.17) is 13.9 Å². The molecule has 1 aromatic heterocycles. The van der Waals surface area contributed by atoms with Crippen LogP contribution < -0.4 is 14.8 Å². The fourth-order valence-corrected chi connectivity index (χ4v) is 4.43. The average molecular weight is 638 g/mol. The molecule has 1 fully saturated rings. The molecule has 37 heavy (non-hydrogen) atoms. The quantitative estimate of drug-likeness (QED) is 0.200. The zero-order valence-electron chi connectivity index (χ0n) is 19.5. The number of furan rings is 1. The van der Waals surface area contributed by atoms with Gasteiger partial charge in [0, 0.05) is 4.47 Å². The molecule has 1 saturated heterocycles. The molecule has 1 aliphatic rings. The van der Waals surface area contributed by atoms with Crippen LogP contribution in [0.4, 0.5) is 9.18 Å². The van der Waals surface area contributed by atoms with Gasteiger partial charge in [-0.15, -0.1) is 0 Å². The van der Waals surface area contributed by atoms with Gasteiger partial charge in [-0.05, 0) is 79.4 Å². The second-order valence-electron chi connectivity index (χ2n) is 7.68. The minimum absolute atomic E-state index is 0.0211. The topological polar surface area (TPSA) is 107 Å². The molecule has 4 rings (SSSR count). The molecule has 12 heteroatoms. The van der Waals surface area contributed by atoms with Crippen molar-refractivity contribution in [2.75, 3.05) is 14.2 Å². The predicted molar refractivity (Wildman–Crippen MR) is 136 cm³/mol. The van der Waals surface area contributed by atoms with Gasteiger partial charge in [-0.2, -0.15) is 0 Å². The number of methoxy groups -OCH3 is 2. The summed E-state index contributed by atoms with van der Waals surface area (Å²) in [6.07, 6.45) is 1.48. The number of benzene rings is 2. The Hall–Kier alpha value is -3.64. The normalized spacial score (nSPS) is 14.2. The Balaban J connectivity index is 1.56. The highest BCUT2D eigenvalue weighted by molar-refractivity contribution is 9.13. The van der Waals surface area contributed by atoms with E-state index in [1.54, 1.807) is 18.2 Å². The molecule has 0 aliphatic carbocycles. The molecule has 192 valence electrons. The first kappa shape index (κ1) is 26.4. The number of carbonyl (C=O) groups excluding carboxylic acids is 3. The van der Waals surface area contributed by atoms with E-state index in [1.165, 1.54) is 44.6 Å². The molecule has 0 bridgehead atoms. The number of carbonyl (C=O) groups is 3. The second-order valence-corrected chi connectivity index (χ2v) is 9.27. The van der Waals surface area contributed by atoms with Crippen molar-refractivity contribution in [1.29, 1.82) is 0 Å². The summed E-state index contributed by atoms with van der Waals surface area (Å²) in [6.45, 7) is -0.0897. The van der Waals surface area contributed by atoms with Crippen molar-refractivity contribution in [3.63, 3.8) is 0 Å². The molecule has 3 aromatic rings. The zero-order chi connectivity index (χ0) is 26.7. The van der Waals surface area contributed by atoms with Gasteiger partial charge in [0.15, 0.2) is 11.5 Å². The molecule has 1 aliphatic heterocycles. The Morgan fingerprint density at radius 1 is 1.14 bits per heavy atom. The fourth-order valence-electron chi connectivity index (χ4n) is 3.48. The first-order chi connectivity index (χ1) is 17.7. The maximum atomic E-state index is 13.5. The Kier molecular flexibility index (Phi) is 7.98. The lowest BCUT2D eigenvalue weighted by atomic mass is 10.1. The number of hydrogen-bond acceptors (Lipinski definition) is 7. The van der Waals surface area contributed by atoms with E-state index in [-0.39, 0.29) is 36.2 Å². The van der Waals surface area contributed by atoms with Crippen LogP contribution >= 0.6 is 31.9 Å². The minimum atomic E-state index is -0.670. The number of ether oxygens (including phenoxy) is 3. The van der Waals surface area contributed by atoms with Crippen molar-refractivity contribution in [2.24, 2.45) is 0 Å². The number of esters is 1. The van der Waals surface area contributed by atoms with E-state index in [1.807, 2.05) is 0 Å². The van der Waals surface area contributed by atoms with E-state index < -0.39 is 17.9 Å². The van der Waals surface area contributed by atoms with Crippen molar-refractivity contribution in [1.82, 2.24) is 10.2 Å². The van der Waals surface area contributed by atoms with Crippen LogP contribution in [0.15, 0.2) is 61.5 Å². The molecule has 3 amide bonds. The van der Waals surface area contributed by atoms with Crippen LogP contribution in [0.25, 0.3) is 6.08 Å². The monoisotopic (exact) mass is 636 g/mol. The lowest BCUT2D eigenvalue weighted by molar-refractivity contribution is -0.123. The van der Waals surface area contributed by atoms with Crippen LogP contribution in [0.2, 0.25) is 0 Å². The third-order valence-electron chi connectivity index (χ3n) is 5.27. The van der Waals surface area contributed by atoms with Crippen molar-refractivity contribution in [2.45, 2.75) is 13.2 Å². The second kappa shape index (κ2) is 11.2. The highest BCUT2D eigenvalue weighted by atomic mass is 79.9. The minimum Gasteiger partial charge on any atom is -0.493 e. The number of nitrogens with zero attached hydrogens (tertiary/aromatic N) is 1. The molecule has 0 spiro atoms. The number of imide groups is 1. The Morgan fingerprint density at radius 2 is 1.92 bits per heavy atom. The maximum absolute atomic E-state index is 13.5. The predicted octanol–water partition coefficient (Wildman–Crippen LogP) is 5.41. The first-order valence-corrected chi connectivity index (χ1v) is 12.2. The van der Waals surface area contributed by atoms with Crippen LogP contribution in [0, 0.1) is 5.82 Å². The number of hydrogen-bond donors (Lipinski definition) is 1. The van der Waals surface area contributed by atoms with Gasteiger partial charge in [-0.1, -0.05) is 12.1 Å². The van der Waals surface area contributed by atoms with Gasteiger partial charge < -0.3 is 23.9 Å². The first-order valence-electron chi connectivity index (χ1n) is 10.7. The van der Waals surface area contributed by atoms with E-state index in [9.17, 15) is 18.8 Å². The molecule has 0 radical (unpaired) electrons. The highest BCUT2D eigenvalue weighted by Gasteiger charge is 2.35. The standard InChI is InChI=1S/C25H19Br2FN2O7/c1-34-19-10-14(20(26)21(27)22(19)36-12-13-4-3-5-15(28)8-13)9-17-23(31)30(25(33)29-17)11-16-6-7-18(37-16)24(32)35-2/h3-10H,11-12H2,1-2H3,(H,29,33)/b17-9-. The summed E-state index contributed by atoms with van der Waals surface area (Å²) in [7, 11) is 2.67. The molecule has 1 N–H and O–H groups in total. The fraction of sp³-hybridized carbons (Fsp3) is 0.160. The van der Waals surface area contributed by atoms with E-state index in [0.29, 0.717) is 31.6 Å². The summed E-state index contributed by atoms with van der Waals surface area (Å²) in [5, 5.41) is 2.54. The van der Waals surface area contributed by atoms with Gasteiger partial charge in [-0.25, -0.2) is 14.0 Å². The average Bonchev–Trinajstić information content (AvgIpc) is 3.46. The van der Waals surface area contributed by atoms with E-state index >= 15 is 0 Å². The summed E-state index contributed by atoms with van der Waals surface area (Å²) in [5.41, 5.74) is 1.16. The van der Waals surface area contributed by atoms with Crippen molar-refractivity contribution < 1.29 is 37.4 Å². The van der Waals surface area contributed by atoms with Gasteiger partial charge in [0.05, 0.1) is 25.2 Å². The zero-order valence-corrected chi connectivity index (χ0v) is 22.6. The van der Waals surface area contributed by atoms with Crippen LogP contribution in [0.5, 0.6) is 11.5 Å². The number of amides is 3. The van der Waals surface area contributed by atoms with Gasteiger partial charge in [0.2, 0.25) is 5.76 Å². The van der Waals surface area contributed by atoms with Crippen molar-refractivity contribution >= 4 is 55.8 Å². The number of halogens is 3. The van der Waals surface area contributed by atoms with Gasteiger partial charge in [0.1, 0.15) is 23.9 Å².